The second-order valence-electron chi connectivity index (χ2n) is 5.37. The Kier molecular flexibility index (Phi) is 3.00. The number of hydrogen-bond donors (Lipinski definition) is 1. The molecular weight excluding hydrogens is 250 g/mol. The molecule has 0 spiro atoms. The van der Waals surface area contributed by atoms with Crippen LogP contribution in [0, 0.1) is 0 Å². The Morgan fingerprint density at radius 3 is 2.94 bits per heavy atom. The van der Waals surface area contributed by atoms with E-state index in [0.29, 0.717) is 0 Å². The zero-order valence-electron chi connectivity index (χ0n) is 10.6. The first kappa shape index (κ1) is 12.3. The fourth-order valence-corrected chi connectivity index (χ4v) is 3.09. The van der Waals surface area contributed by atoms with Crippen molar-refractivity contribution in [2.75, 3.05) is 19.7 Å². The van der Waals surface area contributed by atoms with Crippen LogP contribution in [-0.2, 0) is 13.0 Å². The first-order chi connectivity index (χ1) is 8.59. The van der Waals surface area contributed by atoms with Crippen LogP contribution in [0.1, 0.15) is 24.5 Å². The summed E-state index contributed by atoms with van der Waals surface area (Å²) in [6, 6.07) is 3.97. The van der Waals surface area contributed by atoms with Gasteiger partial charge in [0.15, 0.2) is 0 Å². The quantitative estimate of drug-likeness (QED) is 0.912. The van der Waals surface area contributed by atoms with Gasteiger partial charge >= 0.3 is 0 Å². The molecule has 0 radical (unpaired) electrons. The van der Waals surface area contributed by atoms with Gasteiger partial charge in [0, 0.05) is 36.6 Å². The summed E-state index contributed by atoms with van der Waals surface area (Å²) in [6.07, 6.45) is 1.76. The number of fused-ring (bicyclic) bond motifs is 1. The maximum absolute atomic E-state index is 10.0. The van der Waals surface area contributed by atoms with Gasteiger partial charge in [-0.05, 0) is 24.1 Å². The van der Waals surface area contributed by atoms with Crippen molar-refractivity contribution in [1.82, 2.24) is 4.90 Å². The molecule has 2 aliphatic rings. The van der Waals surface area contributed by atoms with Crippen molar-refractivity contribution in [2.45, 2.75) is 31.9 Å². The van der Waals surface area contributed by atoms with Crippen LogP contribution in [-0.4, -0.2) is 35.3 Å². The lowest BCUT2D eigenvalue weighted by Crippen LogP contribution is -2.60. The Morgan fingerprint density at radius 1 is 1.44 bits per heavy atom. The van der Waals surface area contributed by atoms with Gasteiger partial charge in [-0.25, -0.2) is 0 Å². The van der Waals surface area contributed by atoms with Crippen LogP contribution in [0.2, 0.25) is 5.02 Å². The van der Waals surface area contributed by atoms with E-state index in [2.05, 4.69) is 4.90 Å². The SMILES string of the molecule is CCC1(O)CN(Cc2cc(Cl)cc3c2OCC3)C1. The first-order valence-electron chi connectivity index (χ1n) is 6.48. The Balaban J connectivity index is 1.75. The molecule has 1 fully saturated rings. The second-order valence-corrected chi connectivity index (χ2v) is 5.81. The summed E-state index contributed by atoms with van der Waals surface area (Å²) in [6.45, 7) is 5.07. The molecular formula is C14H18ClNO2. The van der Waals surface area contributed by atoms with Gasteiger partial charge in [-0.15, -0.1) is 0 Å². The van der Waals surface area contributed by atoms with E-state index in [1.807, 2.05) is 19.1 Å². The molecule has 1 aromatic rings. The minimum Gasteiger partial charge on any atom is -0.493 e. The van der Waals surface area contributed by atoms with Gasteiger partial charge in [0.05, 0.1) is 12.2 Å². The van der Waals surface area contributed by atoms with Crippen molar-refractivity contribution >= 4 is 11.6 Å². The van der Waals surface area contributed by atoms with E-state index >= 15 is 0 Å². The molecule has 0 aromatic heterocycles. The molecule has 2 aliphatic heterocycles. The Labute approximate surface area is 112 Å². The van der Waals surface area contributed by atoms with Crippen molar-refractivity contribution in [2.24, 2.45) is 0 Å². The van der Waals surface area contributed by atoms with Gasteiger partial charge in [-0.2, -0.15) is 0 Å². The van der Waals surface area contributed by atoms with Gasteiger partial charge in [-0.1, -0.05) is 18.5 Å². The zero-order valence-corrected chi connectivity index (χ0v) is 11.3. The summed E-state index contributed by atoms with van der Waals surface area (Å²) in [7, 11) is 0. The summed E-state index contributed by atoms with van der Waals surface area (Å²) in [5.41, 5.74) is 1.87. The van der Waals surface area contributed by atoms with Crippen LogP contribution in [0.3, 0.4) is 0 Å². The van der Waals surface area contributed by atoms with Crippen molar-refractivity contribution in [3.63, 3.8) is 0 Å². The highest BCUT2D eigenvalue weighted by molar-refractivity contribution is 6.30. The zero-order chi connectivity index (χ0) is 12.8. The van der Waals surface area contributed by atoms with Gasteiger partial charge in [0.25, 0.3) is 0 Å². The molecule has 98 valence electrons. The topological polar surface area (TPSA) is 32.7 Å². The summed E-state index contributed by atoms with van der Waals surface area (Å²) < 4.78 is 5.68. The number of aliphatic hydroxyl groups is 1. The fraction of sp³-hybridized carbons (Fsp3) is 0.571. The molecule has 0 atom stereocenters. The molecule has 0 unspecified atom stereocenters. The molecule has 0 bridgehead atoms. The Hall–Kier alpha value is -0.770. The monoisotopic (exact) mass is 267 g/mol. The largest absolute Gasteiger partial charge is 0.493 e. The Morgan fingerprint density at radius 2 is 2.22 bits per heavy atom. The van der Waals surface area contributed by atoms with E-state index < -0.39 is 5.60 Å². The van der Waals surface area contributed by atoms with Crippen molar-refractivity contribution in [3.05, 3.63) is 28.3 Å². The highest BCUT2D eigenvalue weighted by atomic mass is 35.5. The minimum absolute atomic E-state index is 0.484. The molecule has 0 aliphatic carbocycles. The van der Waals surface area contributed by atoms with E-state index in [1.165, 1.54) is 5.56 Å². The summed E-state index contributed by atoms with van der Waals surface area (Å²) in [4.78, 5) is 2.23. The Bertz CT molecular complexity index is 469. The third-order valence-corrected chi connectivity index (χ3v) is 4.13. The molecule has 1 N–H and O–H groups in total. The highest BCUT2D eigenvalue weighted by Crippen LogP contribution is 2.35. The van der Waals surface area contributed by atoms with E-state index in [0.717, 1.165) is 55.4 Å². The van der Waals surface area contributed by atoms with E-state index in [-0.39, 0.29) is 0 Å². The molecule has 0 amide bonds. The molecule has 18 heavy (non-hydrogen) atoms. The van der Waals surface area contributed by atoms with Gasteiger partial charge in [0.2, 0.25) is 0 Å². The van der Waals surface area contributed by atoms with E-state index in [1.54, 1.807) is 0 Å². The van der Waals surface area contributed by atoms with Crippen LogP contribution in [0.4, 0.5) is 0 Å². The highest BCUT2D eigenvalue weighted by Gasteiger charge is 2.39. The first-order valence-corrected chi connectivity index (χ1v) is 6.86. The molecule has 4 heteroatoms. The third-order valence-electron chi connectivity index (χ3n) is 3.91. The van der Waals surface area contributed by atoms with E-state index in [4.69, 9.17) is 16.3 Å². The lowest BCUT2D eigenvalue weighted by Gasteiger charge is -2.46. The standard InChI is InChI=1S/C14H18ClNO2/c1-2-14(17)8-16(9-14)7-11-6-12(15)5-10-3-4-18-13(10)11/h5-6,17H,2-4,7-9H2,1H3. The van der Waals surface area contributed by atoms with Crippen LogP contribution in [0.5, 0.6) is 5.75 Å². The fourth-order valence-electron chi connectivity index (χ4n) is 2.83. The number of likely N-dealkylation sites (tertiary alicyclic amines) is 1. The number of nitrogens with zero attached hydrogens (tertiary/aromatic N) is 1. The lowest BCUT2D eigenvalue weighted by molar-refractivity contribution is -0.103. The van der Waals surface area contributed by atoms with Crippen molar-refractivity contribution in [3.8, 4) is 5.75 Å². The molecule has 1 saturated heterocycles. The summed E-state index contributed by atoms with van der Waals surface area (Å²) in [5, 5.41) is 10.8. The van der Waals surface area contributed by atoms with Crippen LogP contribution in [0.25, 0.3) is 0 Å². The molecule has 1 aromatic carbocycles. The summed E-state index contributed by atoms with van der Waals surface area (Å²) in [5.74, 6) is 1.01. The number of hydrogen-bond acceptors (Lipinski definition) is 3. The number of ether oxygens (including phenoxy) is 1. The van der Waals surface area contributed by atoms with Crippen molar-refractivity contribution in [1.29, 1.82) is 0 Å². The number of halogens is 1. The van der Waals surface area contributed by atoms with Gasteiger partial charge < -0.3 is 9.84 Å². The van der Waals surface area contributed by atoms with Crippen LogP contribution < -0.4 is 4.74 Å². The summed E-state index contributed by atoms with van der Waals surface area (Å²) >= 11 is 6.13. The van der Waals surface area contributed by atoms with Crippen molar-refractivity contribution < 1.29 is 9.84 Å². The van der Waals surface area contributed by atoms with Crippen LogP contribution in [0.15, 0.2) is 12.1 Å². The predicted octanol–water partition coefficient (Wildman–Crippen LogP) is 2.23. The number of rotatable bonds is 3. The average molecular weight is 268 g/mol. The maximum Gasteiger partial charge on any atom is 0.127 e. The van der Waals surface area contributed by atoms with Gasteiger partial charge in [-0.3, -0.25) is 4.90 Å². The molecule has 2 heterocycles. The smallest absolute Gasteiger partial charge is 0.127 e. The third kappa shape index (κ3) is 2.11. The predicted molar refractivity (Wildman–Crippen MR) is 71.2 cm³/mol. The molecule has 3 rings (SSSR count). The van der Waals surface area contributed by atoms with Gasteiger partial charge in [0.1, 0.15) is 5.75 Å². The maximum atomic E-state index is 10.0. The number of β-amino-alcohol motifs (C(OH)–C–C–N with tert-alkyl or cyclic N) is 1. The number of benzene rings is 1. The second kappa shape index (κ2) is 4.41. The normalized spacial score (nSPS) is 21.3. The minimum atomic E-state index is -0.484. The molecule has 0 saturated carbocycles. The van der Waals surface area contributed by atoms with Crippen LogP contribution >= 0.6 is 11.6 Å². The average Bonchev–Trinajstić information content (AvgIpc) is 2.74. The molecule has 3 nitrogen and oxygen atoms in total. The lowest BCUT2D eigenvalue weighted by atomic mass is 9.91. The van der Waals surface area contributed by atoms with E-state index in [9.17, 15) is 5.11 Å².